The van der Waals surface area contributed by atoms with Crippen molar-refractivity contribution in [2.24, 2.45) is 5.41 Å². The van der Waals surface area contributed by atoms with Crippen LogP contribution in [-0.4, -0.2) is 54.5 Å². The van der Waals surface area contributed by atoms with Crippen LogP contribution in [0, 0.1) is 12.3 Å². The van der Waals surface area contributed by atoms with Crippen molar-refractivity contribution in [2.75, 3.05) is 28.2 Å². The van der Waals surface area contributed by atoms with E-state index in [2.05, 4.69) is 15.5 Å². The number of Topliss-reactive ketones (excluding diaryl/α,β-unsaturated/α-hetero) is 1. The Bertz CT molecular complexity index is 1370. The first-order chi connectivity index (χ1) is 20.1. The Morgan fingerprint density at radius 3 is 2.21 bits per heavy atom. The topological polar surface area (TPSA) is 108 Å². The summed E-state index contributed by atoms with van der Waals surface area (Å²) < 4.78 is 5.53. The number of nitrogens with one attached hydrogen (secondary N) is 2. The minimum Gasteiger partial charge on any atom is -0.456 e. The van der Waals surface area contributed by atoms with E-state index in [1.54, 1.807) is 45.9 Å². The molecule has 0 radical (unpaired) electrons. The number of carbonyl (C=O) groups is 4. The summed E-state index contributed by atoms with van der Waals surface area (Å²) in [7, 11) is 0. The van der Waals surface area contributed by atoms with Gasteiger partial charge in [-0.1, -0.05) is 58.2 Å². The number of esters is 1. The number of nitrogens with zero attached hydrogens (tertiary/aromatic N) is 2. The van der Waals surface area contributed by atoms with Crippen LogP contribution in [0.1, 0.15) is 89.6 Å². The van der Waals surface area contributed by atoms with Gasteiger partial charge in [-0.05, 0) is 70.4 Å². The highest BCUT2D eigenvalue weighted by atomic mass is 16.6. The van der Waals surface area contributed by atoms with E-state index in [9.17, 15) is 19.2 Å². The number of aryl methyl sites for hydroxylation is 1. The number of anilines is 3. The maximum absolute atomic E-state index is 14.2. The standard InChI is InChI=1S/C34H46N4O5/c1-22-17-18-23(19-25(22)31(41)43-34(5,6)7)35-32(42)36-26-20-37(24-13-9-8-10-14-24)27-15-11-12-16-28(27)38(30(26)40)21-29(39)33(2,3)4/h11-12,15-19,24,26H,8-10,13-14,20-21H2,1-7H3,(H2,35,36,42). The molecular weight excluding hydrogens is 544 g/mol. The van der Waals surface area contributed by atoms with Gasteiger partial charge in [0.15, 0.2) is 5.78 Å². The van der Waals surface area contributed by atoms with E-state index in [0.29, 0.717) is 16.9 Å². The molecule has 1 aliphatic carbocycles. The van der Waals surface area contributed by atoms with Crippen LogP contribution in [0.4, 0.5) is 21.9 Å². The molecule has 4 rings (SSSR count). The van der Waals surface area contributed by atoms with Gasteiger partial charge < -0.3 is 25.2 Å². The van der Waals surface area contributed by atoms with Gasteiger partial charge in [-0.2, -0.15) is 0 Å². The molecule has 2 aromatic rings. The SMILES string of the molecule is Cc1ccc(NC(=O)NC2CN(C3CCCCC3)c3ccccc3N(CC(=O)C(C)(C)C)C2=O)cc1C(=O)OC(C)(C)C. The Morgan fingerprint density at radius 2 is 1.58 bits per heavy atom. The Morgan fingerprint density at radius 1 is 0.930 bits per heavy atom. The minimum atomic E-state index is -0.905. The fraction of sp³-hybridized carbons (Fsp3) is 0.529. The summed E-state index contributed by atoms with van der Waals surface area (Å²) in [5.41, 5.74) is 1.75. The van der Waals surface area contributed by atoms with Crippen LogP contribution in [0.3, 0.4) is 0 Å². The molecule has 0 spiro atoms. The third kappa shape index (κ3) is 7.94. The Kier molecular flexibility index (Phi) is 9.52. The molecule has 1 unspecified atom stereocenters. The van der Waals surface area contributed by atoms with Crippen LogP contribution in [-0.2, 0) is 14.3 Å². The Balaban J connectivity index is 1.62. The molecule has 2 N–H and O–H groups in total. The predicted molar refractivity (Wildman–Crippen MR) is 170 cm³/mol. The number of benzene rings is 2. The molecule has 1 atom stereocenters. The molecule has 9 nitrogen and oxygen atoms in total. The smallest absolute Gasteiger partial charge is 0.338 e. The van der Waals surface area contributed by atoms with E-state index < -0.39 is 29.1 Å². The van der Waals surface area contributed by atoms with Gasteiger partial charge in [-0.25, -0.2) is 9.59 Å². The molecule has 2 aliphatic rings. The number of ketones is 1. The third-order valence-corrected chi connectivity index (χ3v) is 8.00. The lowest BCUT2D eigenvalue weighted by molar-refractivity contribution is -0.127. The fourth-order valence-electron chi connectivity index (χ4n) is 5.58. The summed E-state index contributed by atoms with van der Waals surface area (Å²) in [5, 5.41) is 5.69. The van der Waals surface area contributed by atoms with Gasteiger partial charge in [-0.3, -0.25) is 9.59 Å². The van der Waals surface area contributed by atoms with Crippen LogP contribution < -0.4 is 20.4 Å². The predicted octanol–water partition coefficient (Wildman–Crippen LogP) is 6.24. The van der Waals surface area contributed by atoms with E-state index in [0.717, 1.165) is 36.9 Å². The zero-order chi connectivity index (χ0) is 31.5. The van der Waals surface area contributed by atoms with E-state index in [-0.39, 0.29) is 30.8 Å². The normalized spacial score (nSPS) is 18.0. The zero-order valence-electron chi connectivity index (χ0n) is 26.6. The average molecular weight is 591 g/mol. The molecule has 9 heteroatoms. The number of hydrogen-bond acceptors (Lipinski definition) is 6. The quantitative estimate of drug-likeness (QED) is 0.386. The molecular formula is C34H46N4O5. The third-order valence-electron chi connectivity index (χ3n) is 8.00. The number of carbonyl (C=O) groups excluding carboxylic acids is 4. The van der Waals surface area contributed by atoms with Crippen LogP contribution >= 0.6 is 0 Å². The molecule has 0 aromatic heterocycles. The number of rotatable bonds is 6. The molecule has 232 valence electrons. The van der Waals surface area contributed by atoms with Crippen molar-refractivity contribution in [3.8, 4) is 0 Å². The average Bonchev–Trinajstić information content (AvgIpc) is 3.03. The zero-order valence-corrected chi connectivity index (χ0v) is 26.6. The Hall–Kier alpha value is -3.88. The summed E-state index contributed by atoms with van der Waals surface area (Å²) in [5.74, 6) is -0.885. The largest absolute Gasteiger partial charge is 0.456 e. The summed E-state index contributed by atoms with van der Waals surface area (Å²) in [4.78, 5) is 57.3. The highest BCUT2D eigenvalue weighted by Gasteiger charge is 2.39. The van der Waals surface area contributed by atoms with E-state index >= 15 is 0 Å². The van der Waals surface area contributed by atoms with E-state index in [4.69, 9.17) is 4.74 Å². The number of ether oxygens (including phenoxy) is 1. The summed E-state index contributed by atoms with van der Waals surface area (Å²) in [6, 6.07) is 11.5. The second-order valence-corrected chi connectivity index (χ2v) is 13.7. The van der Waals surface area contributed by atoms with Crippen molar-refractivity contribution >= 4 is 40.8 Å². The first-order valence-electron chi connectivity index (χ1n) is 15.3. The van der Waals surface area contributed by atoms with Crippen LogP contribution in [0.2, 0.25) is 0 Å². The van der Waals surface area contributed by atoms with Gasteiger partial charge in [0, 0.05) is 23.7 Å². The second kappa shape index (κ2) is 12.8. The van der Waals surface area contributed by atoms with Gasteiger partial charge >= 0.3 is 12.0 Å². The molecule has 0 bridgehead atoms. The minimum absolute atomic E-state index is 0.0701. The molecule has 3 amide bonds. The van der Waals surface area contributed by atoms with E-state index in [1.165, 1.54) is 11.3 Å². The summed E-state index contributed by atoms with van der Waals surface area (Å²) in [6.07, 6.45) is 5.40. The summed E-state index contributed by atoms with van der Waals surface area (Å²) >= 11 is 0. The lowest BCUT2D eigenvalue weighted by atomic mass is 9.90. The van der Waals surface area contributed by atoms with Gasteiger partial charge in [0.05, 0.1) is 23.5 Å². The lowest BCUT2D eigenvalue weighted by Crippen LogP contribution is -2.55. The molecule has 1 saturated carbocycles. The first-order valence-corrected chi connectivity index (χ1v) is 15.3. The molecule has 0 saturated heterocycles. The van der Waals surface area contributed by atoms with Crippen molar-refractivity contribution in [2.45, 2.75) is 98.3 Å². The molecule has 2 aromatic carbocycles. The highest BCUT2D eigenvalue weighted by Crippen LogP contribution is 2.37. The fourth-order valence-corrected chi connectivity index (χ4v) is 5.58. The molecule has 1 fully saturated rings. The maximum atomic E-state index is 14.2. The van der Waals surface area contributed by atoms with Crippen molar-refractivity contribution in [1.82, 2.24) is 5.32 Å². The molecule has 1 heterocycles. The monoisotopic (exact) mass is 590 g/mol. The number of urea groups is 1. The highest BCUT2D eigenvalue weighted by molar-refractivity contribution is 6.08. The number of fused-ring (bicyclic) bond motifs is 1. The van der Waals surface area contributed by atoms with Crippen molar-refractivity contribution in [3.63, 3.8) is 0 Å². The first kappa shape index (κ1) is 32.0. The number of amides is 3. The van der Waals surface area contributed by atoms with Gasteiger partial charge in [-0.15, -0.1) is 0 Å². The van der Waals surface area contributed by atoms with Crippen molar-refractivity contribution in [1.29, 1.82) is 0 Å². The molecule has 43 heavy (non-hydrogen) atoms. The Labute approximate surface area is 255 Å². The second-order valence-electron chi connectivity index (χ2n) is 13.7. The van der Waals surface area contributed by atoms with Crippen LogP contribution in [0.15, 0.2) is 42.5 Å². The van der Waals surface area contributed by atoms with Gasteiger partial charge in [0.1, 0.15) is 11.6 Å². The van der Waals surface area contributed by atoms with E-state index in [1.807, 2.05) is 45.0 Å². The van der Waals surface area contributed by atoms with Crippen LogP contribution in [0.25, 0.3) is 0 Å². The molecule has 1 aliphatic heterocycles. The van der Waals surface area contributed by atoms with Crippen molar-refractivity contribution < 1.29 is 23.9 Å². The number of hydrogen-bond donors (Lipinski definition) is 2. The van der Waals surface area contributed by atoms with Crippen LogP contribution in [0.5, 0.6) is 0 Å². The summed E-state index contributed by atoms with van der Waals surface area (Å²) in [6.45, 7) is 12.9. The van der Waals surface area contributed by atoms with Gasteiger partial charge in [0.2, 0.25) is 0 Å². The number of para-hydroxylation sites is 2. The maximum Gasteiger partial charge on any atom is 0.338 e. The lowest BCUT2D eigenvalue weighted by Gasteiger charge is -2.37. The van der Waals surface area contributed by atoms with Crippen molar-refractivity contribution in [3.05, 3.63) is 53.6 Å². The van der Waals surface area contributed by atoms with Gasteiger partial charge in [0.25, 0.3) is 5.91 Å².